The lowest BCUT2D eigenvalue weighted by Gasteiger charge is -2.47. The highest BCUT2D eigenvalue weighted by Crippen LogP contribution is 2.39. The smallest absolute Gasteiger partial charge is 0.316 e. The average Bonchev–Trinajstić information content (AvgIpc) is 2.72. The Balaban J connectivity index is 1.88. The van der Waals surface area contributed by atoms with Crippen LogP contribution in [0.4, 0.5) is 5.69 Å². The van der Waals surface area contributed by atoms with Crippen molar-refractivity contribution < 1.29 is 19.6 Å². The molecule has 2 fully saturated rings. The molecular weight excluding hydrogens is 386 g/mol. The first-order valence-electron chi connectivity index (χ1n) is 11.0. The Hall–Kier alpha value is -2.19. The van der Waals surface area contributed by atoms with Crippen LogP contribution in [0.25, 0.3) is 0 Å². The Labute approximate surface area is 177 Å². The van der Waals surface area contributed by atoms with Gasteiger partial charge in [0.05, 0.1) is 16.6 Å². The molecule has 1 aliphatic carbocycles. The summed E-state index contributed by atoms with van der Waals surface area (Å²) in [6, 6.07) is 5.22. The molecule has 2 aliphatic rings. The highest BCUT2D eigenvalue weighted by molar-refractivity contribution is 5.73. The van der Waals surface area contributed by atoms with E-state index < -0.39 is 11.0 Å². The van der Waals surface area contributed by atoms with Crippen LogP contribution in [-0.2, 0) is 4.79 Å². The lowest BCUT2D eigenvalue weighted by atomic mass is 9.78. The standard InChI is InChI=1S/C22H33N3O5/c1-15(26)17-9-4-11-19(22(17)25(28)29)30-21(13-5-12-20(23)27)24-14-6-8-16-7-2-3-10-18(16)24/h4,9,11,15-16,18,21,26H,2-3,5-8,10,12-14H2,1H3,(H2,23,27). The molecule has 3 N–H and O–H groups in total. The van der Waals surface area contributed by atoms with E-state index >= 15 is 0 Å². The van der Waals surface area contributed by atoms with Crippen LogP contribution < -0.4 is 10.5 Å². The summed E-state index contributed by atoms with van der Waals surface area (Å²) in [5.74, 6) is 0.443. The van der Waals surface area contributed by atoms with E-state index in [1.807, 2.05) is 0 Å². The lowest BCUT2D eigenvalue weighted by Crippen LogP contribution is -2.53. The van der Waals surface area contributed by atoms with Gasteiger partial charge in [0.15, 0.2) is 12.0 Å². The van der Waals surface area contributed by atoms with Crippen LogP contribution in [0, 0.1) is 16.0 Å². The van der Waals surface area contributed by atoms with Gasteiger partial charge in [-0.1, -0.05) is 18.9 Å². The Morgan fingerprint density at radius 1 is 1.33 bits per heavy atom. The van der Waals surface area contributed by atoms with E-state index in [1.54, 1.807) is 18.2 Å². The number of hydrogen-bond acceptors (Lipinski definition) is 6. The number of hydrogen-bond donors (Lipinski definition) is 2. The third-order valence-electron chi connectivity index (χ3n) is 6.46. The molecule has 1 aromatic rings. The molecule has 1 amide bonds. The van der Waals surface area contributed by atoms with Crippen LogP contribution in [0.1, 0.15) is 76.4 Å². The van der Waals surface area contributed by atoms with Crippen molar-refractivity contribution in [3.05, 3.63) is 33.9 Å². The van der Waals surface area contributed by atoms with E-state index in [0.29, 0.717) is 24.8 Å². The Bertz CT molecular complexity index is 752. The monoisotopic (exact) mass is 419 g/mol. The van der Waals surface area contributed by atoms with Crippen molar-refractivity contribution in [3.63, 3.8) is 0 Å². The molecule has 0 aromatic heterocycles. The number of nitro groups is 1. The predicted octanol–water partition coefficient (Wildman–Crippen LogP) is 3.66. The van der Waals surface area contributed by atoms with Crippen molar-refractivity contribution in [2.75, 3.05) is 6.54 Å². The zero-order valence-corrected chi connectivity index (χ0v) is 17.7. The van der Waals surface area contributed by atoms with E-state index in [1.165, 1.54) is 32.6 Å². The van der Waals surface area contributed by atoms with E-state index in [2.05, 4.69) is 4.90 Å². The first-order valence-corrected chi connectivity index (χ1v) is 11.0. The van der Waals surface area contributed by atoms with Gasteiger partial charge in [-0.25, -0.2) is 0 Å². The van der Waals surface area contributed by atoms with Crippen LogP contribution in [0.2, 0.25) is 0 Å². The first kappa shape index (κ1) is 22.5. The number of aliphatic hydroxyl groups excluding tert-OH is 1. The van der Waals surface area contributed by atoms with Crippen molar-refractivity contribution in [1.29, 1.82) is 0 Å². The molecule has 8 heteroatoms. The Morgan fingerprint density at radius 2 is 2.07 bits per heavy atom. The third-order valence-corrected chi connectivity index (χ3v) is 6.46. The number of ether oxygens (including phenoxy) is 1. The van der Waals surface area contributed by atoms with Crippen molar-refractivity contribution >= 4 is 11.6 Å². The van der Waals surface area contributed by atoms with Gasteiger partial charge in [0.1, 0.15) is 0 Å². The molecule has 166 valence electrons. The van der Waals surface area contributed by atoms with Gasteiger partial charge in [0.25, 0.3) is 0 Å². The molecule has 0 bridgehead atoms. The summed E-state index contributed by atoms with van der Waals surface area (Å²) in [4.78, 5) is 24.9. The van der Waals surface area contributed by atoms with Crippen LogP contribution in [0.5, 0.6) is 5.75 Å². The fourth-order valence-corrected chi connectivity index (χ4v) is 5.08. The topological polar surface area (TPSA) is 119 Å². The van der Waals surface area contributed by atoms with Crippen LogP contribution >= 0.6 is 0 Å². The fraction of sp³-hybridized carbons (Fsp3) is 0.682. The molecule has 1 saturated carbocycles. The maximum atomic E-state index is 11.8. The lowest BCUT2D eigenvalue weighted by molar-refractivity contribution is -0.387. The van der Waals surface area contributed by atoms with Crippen LogP contribution in [0.3, 0.4) is 0 Å². The summed E-state index contributed by atoms with van der Waals surface area (Å²) >= 11 is 0. The van der Waals surface area contributed by atoms with Crippen molar-refractivity contribution in [2.24, 2.45) is 11.7 Å². The molecular formula is C22H33N3O5. The normalized spacial score (nSPS) is 23.9. The quantitative estimate of drug-likeness (QED) is 0.466. The number of piperidine rings is 1. The third kappa shape index (κ3) is 5.29. The Kier molecular flexibility index (Phi) is 7.66. The van der Waals surface area contributed by atoms with Gasteiger partial charge in [0.2, 0.25) is 5.91 Å². The number of nitro benzene ring substituents is 1. The summed E-state index contributed by atoms with van der Waals surface area (Å²) < 4.78 is 6.29. The van der Waals surface area contributed by atoms with Crippen molar-refractivity contribution in [1.82, 2.24) is 4.90 Å². The molecule has 1 saturated heterocycles. The van der Waals surface area contributed by atoms with Crippen molar-refractivity contribution in [2.45, 2.75) is 83.1 Å². The molecule has 30 heavy (non-hydrogen) atoms. The van der Waals surface area contributed by atoms with E-state index in [9.17, 15) is 20.0 Å². The van der Waals surface area contributed by atoms with Crippen LogP contribution in [0.15, 0.2) is 18.2 Å². The molecule has 3 rings (SSSR count). The number of nitrogens with two attached hydrogens (primary N) is 1. The molecule has 0 spiro atoms. The number of benzene rings is 1. The number of likely N-dealkylation sites (tertiary alicyclic amines) is 1. The summed E-state index contributed by atoms with van der Waals surface area (Å²) in [6.45, 7) is 2.39. The highest BCUT2D eigenvalue weighted by atomic mass is 16.6. The number of aliphatic hydroxyl groups is 1. The number of carbonyl (C=O) groups excluding carboxylic acids is 1. The molecule has 8 nitrogen and oxygen atoms in total. The molecule has 4 unspecified atom stereocenters. The number of amides is 1. The van der Waals surface area contributed by atoms with Crippen LogP contribution in [-0.4, -0.2) is 39.7 Å². The zero-order valence-electron chi connectivity index (χ0n) is 17.7. The predicted molar refractivity (Wildman–Crippen MR) is 113 cm³/mol. The minimum atomic E-state index is -0.972. The van der Waals surface area contributed by atoms with Gasteiger partial charge in [-0.3, -0.25) is 19.8 Å². The van der Waals surface area contributed by atoms with Gasteiger partial charge in [-0.2, -0.15) is 0 Å². The maximum absolute atomic E-state index is 11.8. The number of fused-ring (bicyclic) bond motifs is 1. The molecule has 1 aromatic carbocycles. The van der Waals surface area contributed by atoms with E-state index in [0.717, 1.165) is 19.4 Å². The van der Waals surface area contributed by atoms with Gasteiger partial charge in [-0.15, -0.1) is 0 Å². The first-order chi connectivity index (χ1) is 14.4. The number of nitrogens with zero attached hydrogens (tertiary/aromatic N) is 2. The minimum absolute atomic E-state index is 0.167. The number of carbonyl (C=O) groups is 1. The Morgan fingerprint density at radius 3 is 2.77 bits per heavy atom. The fourth-order valence-electron chi connectivity index (χ4n) is 5.08. The summed E-state index contributed by atoms with van der Waals surface area (Å²) in [6.07, 6.45) is 7.12. The molecule has 4 atom stereocenters. The van der Waals surface area contributed by atoms with E-state index in [-0.39, 0.29) is 35.6 Å². The average molecular weight is 420 g/mol. The van der Waals surface area contributed by atoms with Gasteiger partial charge in [-0.05, 0) is 63.5 Å². The second-order valence-corrected chi connectivity index (χ2v) is 8.55. The van der Waals surface area contributed by atoms with Gasteiger partial charge >= 0.3 is 5.69 Å². The summed E-state index contributed by atoms with van der Waals surface area (Å²) in [7, 11) is 0. The summed E-state index contributed by atoms with van der Waals surface area (Å²) in [5, 5.41) is 21.8. The molecule has 1 aliphatic heterocycles. The number of rotatable bonds is 9. The highest BCUT2D eigenvalue weighted by Gasteiger charge is 2.38. The second-order valence-electron chi connectivity index (χ2n) is 8.55. The zero-order chi connectivity index (χ0) is 21.7. The number of para-hydroxylation sites is 1. The minimum Gasteiger partial charge on any atom is -0.468 e. The molecule has 0 radical (unpaired) electrons. The number of primary amides is 1. The largest absolute Gasteiger partial charge is 0.468 e. The molecule has 1 heterocycles. The maximum Gasteiger partial charge on any atom is 0.316 e. The summed E-state index contributed by atoms with van der Waals surface area (Å²) in [5.41, 5.74) is 5.37. The SMILES string of the molecule is CC(O)c1cccc(OC(CCCC(N)=O)N2CCCC3CCCCC32)c1[N+](=O)[O-]. The second kappa shape index (κ2) is 10.2. The van der Waals surface area contributed by atoms with Gasteiger partial charge < -0.3 is 15.6 Å². The van der Waals surface area contributed by atoms with Crippen molar-refractivity contribution in [3.8, 4) is 5.75 Å². The van der Waals surface area contributed by atoms with Gasteiger partial charge in [0, 0.05) is 19.0 Å². The van der Waals surface area contributed by atoms with E-state index in [4.69, 9.17) is 10.5 Å².